The average Bonchev–Trinajstić information content (AvgIpc) is 3.74. The molecular formula is C31H48N7O6P. The van der Waals surface area contributed by atoms with Crippen LogP contribution in [0.15, 0.2) is 30.7 Å². The summed E-state index contributed by atoms with van der Waals surface area (Å²) in [7, 11) is -4.97. The molecule has 0 aliphatic heterocycles. The molecule has 1 unspecified atom stereocenters. The van der Waals surface area contributed by atoms with Crippen LogP contribution < -0.4 is 20.4 Å². The normalized spacial score (nSPS) is 14.3. The average molecular weight is 646 g/mol. The number of carbonyl (C=O) groups is 2. The zero-order chi connectivity index (χ0) is 33.5. The number of hydrogen-bond donors (Lipinski definition) is 4. The summed E-state index contributed by atoms with van der Waals surface area (Å²) in [6, 6.07) is 6.45. The van der Waals surface area contributed by atoms with Crippen LogP contribution in [0, 0.1) is 13.8 Å². The molecule has 4 rings (SSSR count). The van der Waals surface area contributed by atoms with Crippen molar-refractivity contribution < 1.29 is 33.4 Å². The van der Waals surface area contributed by atoms with Crippen LogP contribution in [0.4, 0.5) is 11.5 Å². The Balaban J connectivity index is 0.000000535. The lowest BCUT2D eigenvalue weighted by atomic mass is 10.1. The minimum absolute atomic E-state index is 0.149. The quantitative estimate of drug-likeness (QED) is 0.162. The van der Waals surface area contributed by atoms with Crippen LogP contribution in [0.3, 0.4) is 0 Å². The number of anilines is 2. The van der Waals surface area contributed by atoms with Crippen molar-refractivity contribution in [2.45, 2.75) is 92.8 Å². The van der Waals surface area contributed by atoms with E-state index in [1.54, 1.807) is 33.8 Å². The van der Waals surface area contributed by atoms with Crippen molar-refractivity contribution in [2.24, 2.45) is 0 Å². The van der Waals surface area contributed by atoms with Crippen molar-refractivity contribution in [1.82, 2.24) is 24.8 Å². The first-order valence-electron chi connectivity index (χ1n) is 15.5. The molecule has 1 saturated carbocycles. The monoisotopic (exact) mass is 645 g/mol. The van der Waals surface area contributed by atoms with Gasteiger partial charge in [-0.1, -0.05) is 13.0 Å². The first-order valence-corrected chi connectivity index (χ1v) is 17.0. The first kappa shape index (κ1) is 36.1. The maximum absolute atomic E-state index is 13.2. The Labute approximate surface area is 265 Å². The van der Waals surface area contributed by atoms with Crippen molar-refractivity contribution in [2.75, 3.05) is 25.1 Å². The standard InChI is InChI=1S/C23H29N6O6P.C8H19N/c1-4-9-24-22(30)18-11-29-20(15(18)3)21(25-12-26-29)27-19-10-16(6-5-14(19)2)23(31)28(17-7-8-17)13-35-36(32,33)34;1-6-9(7(2)3)8(4)5/h5-6,10-12,17H,4,7-9,13H2,1-3H3,(H,24,30)(H,25,26,27)(H2,32,33,34);7-8H,6H2,1-5H3. The lowest BCUT2D eigenvalue weighted by Crippen LogP contribution is -3.17. The number of phosphoric ester groups is 1. The first-order chi connectivity index (χ1) is 21.2. The maximum atomic E-state index is 13.2. The molecule has 1 aliphatic rings. The highest BCUT2D eigenvalue weighted by Gasteiger charge is 2.34. The fourth-order valence-corrected chi connectivity index (χ4v) is 5.60. The topological polar surface area (TPSA) is 166 Å². The molecule has 2 heterocycles. The Kier molecular flexibility index (Phi) is 12.7. The predicted molar refractivity (Wildman–Crippen MR) is 172 cm³/mol. The van der Waals surface area contributed by atoms with Gasteiger partial charge >= 0.3 is 0 Å². The van der Waals surface area contributed by atoms with E-state index in [9.17, 15) is 19.0 Å². The van der Waals surface area contributed by atoms with Gasteiger partial charge < -0.3 is 30.2 Å². The number of aryl methyl sites for hydroxylation is 2. The van der Waals surface area contributed by atoms with Crippen molar-refractivity contribution in [3.05, 3.63) is 53.0 Å². The second-order valence-corrected chi connectivity index (χ2v) is 13.1. The highest BCUT2D eigenvalue weighted by Crippen LogP contribution is 2.35. The SMILES string of the molecule is CCCNC(=O)c1cn2ncnc(Nc3cc(C(=O)N(COP(=O)([O-])O)C4CC4)ccc3C)c2c1C.CC[NH+](C(C)C)C(C)C. The maximum Gasteiger partial charge on any atom is 0.266 e. The third kappa shape index (κ3) is 9.82. The summed E-state index contributed by atoms with van der Waals surface area (Å²) in [5, 5.41) is 10.3. The number of aromatic nitrogens is 3. The van der Waals surface area contributed by atoms with Crippen LogP contribution in [0.5, 0.6) is 0 Å². The van der Waals surface area contributed by atoms with Gasteiger partial charge in [-0.05, 0) is 91.0 Å². The van der Waals surface area contributed by atoms with E-state index < -0.39 is 20.5 Å². The van der Waals surface area contributed by atoms with Crippen molar-refractivity contribution in [3.8, 4) is 0 Å². The lowest BCUT2D eigenvalue weighted by Gasteiger charge is -2.25. The molecule has 2 aromatic heterocycles. The molecule has 0 radical (unpaired) electrons. The van der Waals surface area contributed by atoms with Gasteiger partial charge in [0.2, 0.25) is 0 Å². The minimum Gasteiger partial charge on any atom is -0.756 e. The molecule has 1 aliphatic carbocycles. The van der Waals surface area contributed by atoms with Gasteiger partial charge in [-0.25, -0.2) is 9.50 Å². The predicted octanol–water partition coefficient (Wildman–Crippen LogP) is 2.98. The molecule has 13 nitrogen and oxygen atoms in total. The number of carbonyl (C=O) groups excluding carboxylic acids is 2. The van der Waals surface area contributed by atoms with Gasteiger partial charge in [-0.2, -0.15) is 5.10 Å². The summed E-state index contributed by atoms with van der Waals surface area (Å²) < 4.78 is 17.1. The molecule has 4 N–H and O–H groups in total. The van der Waals surface area contributed by atoms with Gasteiger partial charge in [-0.3, -0.25) is 18.7 Å². The number of nitrogens with zero attached hydrogens (tertiary/aromatic N) is 4. The summed E-state index contributed by atoms with van der Waals surface area (Å²) in [4.78, 5) is 53.1. The van der Waals surface area contributed by atoms with Crippen LogP contribution in [-0.2, 0) is 9.09 Å². The number of hydrogen-bond acceptors (Lipinski definition) is 8. The number of benzene rings is 1. The molecule has 0 spiro atoms. The summed E-state index contributed by atoms with van der Waals surface area (Å²) in [6.45, 7) is 18.3. The van der Waals surface area contributed by atoms with E-state index in [1.165, 1.54) is 17.8 Å². The van der Waals surface area contributed by atoms with E-state index in [2.05, 4.69) is 59.9 Å². The fourth-order valence-electron chi connectivity index (χ4n) is 5.33. The van der Waals surface area contributed by atoms with E-state index in [-0.39, 0.29) is 11.9 Å². The van der Waals surface area contributed by atoms with Crippen LogP contribution in [0.2, 0.25) is 0 Å². The Morgan fingerprint density at radius 1 is 1.20 bits per heavy atom. The molecule has 1 aromatic carbocycles. The zero-order valence-corrected chi connectivity index (χ0v) is 28.5. The van der Waals surface area contributed by atoms with Gasteiger partial charge in [-0.15, -0.1) is 0 Å². The molecule has 248 valence electrons. The van der Waals surface area contributed by atoms with E-state index in [1.807, 2.05) is 20.8 Å². The molecule has 0 bridgehead atoms. The van der Waals surface area contributed by atoms with E-state index in [0.29, 0.717) is 40.3 Å². The molecule has 45 heavy (non-hydrogen) atoms. The summed E-state index contributed by atoms with van der Waals surface area (Å²) in [5.74, 6) is -0.155. The lowest BCUT2D eigenvalue weighted by molar-refractivity contribution is -0.940. The van der Waals surface area contributed by atoms with E-state index in [0.717, 1.165) is 36.9 Å². The summed E-state index contributed by atoms with van der Waals surface area (Å²) in [6.07, 6.45) is 5.29. The van der Waals surface area contributed by atoms with E-state index >= 15 is 0 Å². The van der Waals surface area contributed by atoms with Gasteiger partial charge in [0.1, 0.15) is 18.6 Å². The van der Waals surface area contributed by atoms with Crippen molar-refractivity contribution in [3.63, 3.8) is 0 Å². The van der Waals surface area contributed by atoms with Crippen LogP contribution >= 0.6 is 7.82 Å². The van der Waals surface area contributed by atoms with Gasteiger partial charge in [0.05, 0.1) is 24.2 Å². The summed E-state index contributed by atoms with van der Waals surface area (Å²) >= 11 is 0. The molecule has 14 heteroatoms. The third-order valence-electron chi connectivity index (χ3n) is 7.84. The molecular weight excluding hydrogens is 597 g/mol. The highest BCUT2D eigenvalue weighted by atomic mass is 31.2. The largest absolute Gasteiger partial charge is 0.756 e. The second kappa shape index (κ2) is 15.8. The second-order valence-electron chi connectivity index (χ2n) is 12.0. The third-order valence-corrected chi connectivity index (χ3v) is 8.29. The van der Waals surface area contributed by atoms with Gasteiger partial charge in [0.15, 0.2) is 5.82 Å². The smallest absolute Gasteiger partial charge is 0.266 e. The number of quaternary nitrogens is 1. The Hall–Kier alpha value is -3.35. The van der Waals surface area contributed by atoms with E-state index in [4.69, 9.17) is 4.89 Å². The fraction of sp³-hybridized carbons (Fsp3) is 0.548. The van der Waals surface area contributed by atoms with Crippen molar-refractivity contribution >= 4 is 36.7 Å². The molecule has 2 amide bonds. The Bertz CT molecular complexity index is 1510. The molecule has 0 saturated heterocycles. The number of phosphoric acid groups is 1. The number of amides is 2. The Morgan fingerprint density at radius 3 is 2.40 bits per heavy atom. The Morgan fingerprint density at radius 2 is 1.87 bits per heavy atom. The molecule has 1 atom stereocenters. The van der Waals surface area contributed by atoms with Crippen LogP contribution in [0.1, 0.15) is 92.6 Å². The highest BCUT2D eigenvalue weighted by molar-refractivity contribution is 7.44. The summed E-state index contributed by atoms with van der Waals surface area (Å²) in [5.41, 5.74) is 3.58. The zero-order valence-electron chi connectivity index (χ0n) is 27.6. The van der Waals surface area contributed by atoms with Crippen molar-refractivity contribution in [1.29, 1.82) is 0 Å². The number of rotatable bonds is 13. The van der Waals surface area contributed by atoms with Crippen LogP contribution in [0.25, 0.3) is 5.52 Å². The number of nitrogens with one attached hydrogen (secondary N) is 3. The molecule has 1 fully saturated rings. The minimum atomic E-state index is -4.97. The van der Waals surface area contributed by atoms with Gasteiger partial charge in [0, 0.05) is 30.0 Å². The molecule has 3 aromatic rings. The van der Waals surface area contributed by atoms with Crippen LogP contribution in [-0.4, -0.2) is 74.2 Å². The number of fused-ring (bicyclic) bond motifs is 1. The van der Waals surface area contributed by atoms with Gasteiger partial charge in [0.25, 0.3) is 19.6 Å².